The molecule has 0 spiro atoms. The molecule has 0 unspecified atom stereocenters. The van der Waals surface area contributed by atoms with Gasteiger partial charge >= 0.3 is 0 Å². The van der Waals surface area contributed by atoms with Crippen molar-refractivity contribution in [1.82, 2.24) is 9.80 Å². The molecule has 4 heteroatoms. The first-order chi connectivity index (χ1) is 13.1. The highest BCUT2D eigenvalue weighted by molar-refractivity contribution is 5.98. The summed E-state index contributed by atoms with van der Waals surface area (Å²) in [6.45, 7) is 17.0. The van der Waals surface area contributed by atoms with Crippen molar-refractivity contribution in [1.29, 1.82) is 0 Å². The van der Waals surface area contributed by atoms with E-state index >= 15 is 0 Å². The van der Waals surface area contributed by atoms with E-state index in [0.29, 0.717) is 11.0 Å². The summed E-state index contributed by atoms with van der Waals surface area (Å²) in [5.41, 5.74) is 10.2. The van der Waals surface area contributed by atoms with Crippen molar-refractivity contribution in [2.24, 2.45) is 11.1 Å². The Labute approximate surface area is 170 Å². The van der Waals surface area contributed by atoms with Crippen molar-refractivity contribution in [2.75, 3.05) is 32.7 Å². The molecule has 0 saturated carbocycles. The summed E-state index contributed by atoms with van der Waals surface area (Å²) in [6, 6.07) is 6.27. The van der Waals surface area contributed by atoms with Gasteiger partial charge in [0.15, 0.2) is 0 Å². The molecule has 1 amide bonds. The normalized spacial score (nSPS) is 21.4. The van der Waals surface area contributed by atoms with Crippen LogP contribution < -0.4 is 5.73 Å². The zero-order valence-corrected chi connectivity index (χ0v) is 18.3. The summed E-state index contributed by atoms with van der Waals surface area (Å²) in [5, 5.41) is 0. The lowest BCUT2D eigenvalue weighted by Crippen LogP contribution is -2.53. The van der Waals surface area contributed by atoms with E-state index in [9.17, 15) is 4.79 Å². The van der Waals surface area contributed by atoms with Gasteiger partial charge in [0.25, 0.3) is 0 Å². The number of likely N-dealkylation sites (N-methyl/N-ethyl adjacent to an activating group) is 1. The third-order valence-electron chi connectivity index (χ3n) is 6.92. The first kappa shape index (κ1) is 21.1. The van der Waals surface area contributed by atoms with Crippen molar-refractivity contribution >= 4 is 11.5 Å². The van der Waals surface area contributed by atoms with E-state index < -0.39 is 0 Å². The van der Waals surface area contributed by atoms with Gasteiger partial charge in [-0.2, -0.15) is 0 Å². The Morgan fingerprint density at radius 1 is 1.18 bits per heavy atom. The molecule has 1 saturated heterocycles. The van der Waals surface area contributed by atoms with E-state index in [2.05, 4.69) is 62.6 Å². The molecule has 0 atom stereocenters. The number of hydrogen-bond acceptors (Lipinski definition) is 3. The Morgan fingerprint density at radius 3 is 2.39 bits per heavy atom. The molecular weight excluding hydrogens is 346 g/mol. The number of primary amides is 1. The molecule has 2 N–H and O–H groups in total. The van der Waals surface area contributed by atoms with E-state index in [0.717, 1.165) is 57.5 Å². The molecule has 154 valence electrons. The lowest BCUT2D eigenvalue weighted by atomic mass is 9.76. The summed E-state index contributed by atoms with van der Waals surface area (Å²) in [6.07, 6.45) is 5.52. The van der Waals surface area contributed by atoms with Crippen LogP contribution in [0.5, 0.6) is 0 Å². The lowest BCUT2D eigenvalue weighted by Gasteiger charge is -2.44. The third-order valence-corrected chi connectivity index (χ3v) is 6.92. The average molecular weight is 384 g/mol. The van der Waals surface area contributed by atoms with Gasteiger partial charge in [-0.25, -0.2) is 0 Å². The fraction of sp³-hybridized carbons (Fsp3) is 0.625. The SMILES string of the molecule is CCN1CCN(C(C)(C)c2ccc(C(N)=O)c(C3=CCC(C)(C)CC3)c2)CC1. The van der Waals surface area contributed by atoms with Crippen LogP contribution in [0.15, 0.2) is 24.3 Å². The largest absolute Gasteiger partial charge is 0.366 e. The van der Waals surface area contributed by atoms with Crippen LogP contribution in [0.1, 0.15) is 75.4 Å². The second-order valence-corrected chi connectivity index (χ2v) is 9.70. The number of carbonyl (C=O) groups is 1. The van der Waals surface area contributed by atoms with Crippen molar-refractivity contribution in [2.45, 2.75) is 59.4 Å². The number of nitrogens with zero attached hydrogens (tertiary/aromatic N) is 2. The van der Waals surface area contributed by atoms with Crippen molar-refractivity contribution in [3.05, 3.63) is 41.0 Å². The fourth-order valence-corrected chi connectivity index (χ4v) is 4.53. The Balaban J connectivity index is 1.93. The lowest BCUT2D eigenvalue weighted by molar-refractivity contribution is 0.0526. The van der Waals surface area contributed by atoms with Crippen molar-refractivity contribution in [3.8, 4) is 0 Å². The predicted molar refractivity (Wildman–Crippen MR) is 117 cm³/mol. The van der Waals surface area contributed by atoms with Crippen LogP contribution in [0, 0.1) is 5.41 Å². The Hall–Kier alpha value is -1.65. The highest BCUT2D eigenvalue weighted by Crippen LogP contribution is 2.40. The van der Waals surface area contributed by atoms with Gasteiger partial charge in [0.2, 0.25) is 5.91 Å². The third kappa shape index (κ3) is 4.33. The number of benzene rings is 1. The van der Waals surface area contributed by atoms with Crippen LogP contribution >= 0.6 is 0 Å². The quantitative estimate of drug-likeness (QED) is 0.827. The van der Waals surface area contributed by atoms with E-state index in [1.807, 2.05) is 6.07 Å². The number of nitrogens with two attached hydrogens (primary N) is 1. The summed E-state index contributed by atoms with van der Waals surface area (Å²) < 4.78 is 0. The number of amides is 1. The minimum absolute atomic E-state index is 0.0702. The molecule has 1 aliphatic heterocycles. The number of hydrogen-bond donors (Lipinski definition) is 1. The van der Waals surface area contributed by atoms with Gasteiger partial charge in [0.05, 0.1) is 0 Å². The maximum atomic E-state index is 12.1. The zero-order valence-electron chi connectivity index (χ0n) is 18.3. The molecule has 0 aromatic heterocycles. The van der Waals surface area contributed by atoms with Crippen molar-refractivity contribution in [3.63, 3.8) is 0 Å². The molecule has 0 radical (unpaired) electrons. The van der Waals surface area contributed by atoms with Crippen LogP contribution in [0.2, 0.25) is 0 Å². The first-order valence-electron chi connectivity index (χ1n) is 10.8. The molecule has 0 bridgehead atoms. The molecule has 1 aromatic carbocycles. The number of carbonyl (C=O) groups excluding carboxylic acids is 1. The Morgan fingerprint density at radius 2 is 1.86 bits per heavy atom. The van der Waals surface area contributed by atoms with Gasteiger partial charge in [-0.05, 0) is 73.9 Å². The minimum Gasteiger partial charge on any atom is -0.366 e. The first-order valence-corrected chi connectivity index (χ1v) is 10.8. The van der Waals surface area contributed by atoms with E-state index in [1.165, 1.54) is 11.1 Å². The molecule has 4 nitrogen and oxygen atoms in total. The average Bonchev–Trinajstić information content (AvgIpc) is 2.67. The second-order valence-electron chi connectivity index (χ2n) is 9.70. The standard InChI is InChI=1S/C24H37N3O/c1-6-26-13-15-27(16-14-26)24(4,5)19-7-8-20(22(25)28)21(17-19)18-9-11-23(2,3)12-10-18/h7-9,17H,6,10-16H2,1-5H3,(H2,25,28). The fourth-order valence-electron chi connectivity index (χ4n) is 4.53. The van der Waals surface area contributed by atoms with Crippen LogP contribution in [0.25, 0.3) is 5.57 Å². The molecule has 1 aromatic rings. The number of allylic oxidation sites excluding steroid dienone is 2. The monoisotopic (exact) mass is 383 g/mol. The summed E-state index contributed by atoms with van der Waals surface area (Å²) in [5.74, 6) is -0.332. The summed E-state index contributed by atoms with van der Waals surface area (Å²) >= 11 is 0. The number of piperazine rings is 1. The van der Waals surface area contributed by atoms with E-state index in [1.54, 1.807) is 0 Å². The van der Waals surface area contributed by atoms with Gasteiger partial charge in [-0.15, -0.1) is 0 Å². The van der Waals surface area contributed by atoms with E-state index in [-0.39, 0.29) is 11.4 Å². The smallest absolute Gasteiger partial charge is 0.249 e. The van der Waals surface area contributed by atoms with Crippen LogP contribution in [-0.4, -0.2) is 48.4 Å². The maximum absolute atomic E-state index is 12.1. The molecule has 3 rings (SSSR count). The Kier molecular flexibility index (Phi) is 6.02. The number of rotatable bonds is 5. The van der Waals surface area contributed by atoms with Gasteiger partial charge in [-0.1, -0.05) is 32.9 Å². The maximum Gasteiger partial charge on any atom is 0.249 e. The molecular formula is C24H37N3O. The van der Waals surface area contributed by atoms with Crippen LogP contribution in [0.4, 0.5) is 0 Å². The van der Waals surface area contributed by atoms with Crippen LogP contribution in [-0.2, 0) is 5.54 Å². The van der Waals surface area contributed by atoms with Gasteiger partial charge in [-0.3, -0.25) is 9.69 Å². The molecule has 28 heavy (non-hydrogen) atoms. The topological polar surface area (TPSA) is 49.6 Å². The summed E-state index contributed by atoms with van der Waals surface area (Å²) in [7, 11) is 0. The second kappa shape index (κ2) is 8.00. The Bertz CT molecular complexity index is 755. The zero-order chi connectivity index (χ0) is 20.5. The molecule has 1 heterocycles. The molecule has 1 aliphatic carbocycles. The predicted octanol–water partition coefficient (Wildman–Crippen LogP) is 4.25. The highest BCUT2D eigenvalue weighted by Gasteiger charge is 2.32. The van der Waals surface area contributed by atoms with Crippen molar-refractivity contribution < 1.29 is 4.79 Å². The van der Waals surface area contributed by atoms with Gasteiger partial charge < -0.3 is 10.6 Å². The molecule has 2 aliphatic rings. The summed E-state index contributed by atoms with van der Waals surface area (Å²) in [4.78, 5) is 17.2. The van der Waals surface area contributed by atoms with E-state index in [4.69, 9.17) is 5.73 Å². The van der Waals surface area contributed by atoms with Gasteiger partial charge in [0, 0.05) is 37.3 Å². The minimum atomic E-state index is -0.332. The van der Waals surface area contributed by atoms with Gasteiger partial charge in [0.1, 0.15) is 0 Å². The highest BCUT2D eigenvalue weighted by atomic mass is 16.1. The van der Waals surface area contributed by atoms with Crippen LogP contribution in [0.3, 0.4) is 0 Å². The molecule has 1 fully saturated rings.